The molecule has 5 heteroatoms. The highest BCUT2D eigenvalue weighted by Crippen LogP contribution is 2.28. The van der Waals surface area contributed by atoms with Crippen molar-refractivity contribution in [3.05, 3.63) is 46.7 Å². The summed E-state index contributed by atoms with van der Waals surface area (Å²) in [6.07, 6.45) is 2.37. The predicted octanol–water partition coefficient (Wildman–Crippen LogP) is 4.26. The maximum Gasteiger partial charge on any atom is 0.124 e. The molecule has 1 aromatic carbocycles. The first-order valence-electron chi connectivity index (χ1n) is 5.99. The van der Waals surface area contributed by atoms with Crippen molar-refractivity contribution in [3.63, 3.8) is 0 Å². The largest absolute Gasteiger partial charge is 0.242 e. The quantitative estimate of drug-likeness (QED) is 0.792. The molecule has 0 saturated heterocycles. The minimum atomic E-state index is -1.20. The Morgan fingerprint density at radius 3 is 2.63 bits per heavy atom. The van der Waals surface area contributed by atoms with Gasteiger partial charge < -0.3 is 0 Å². The van der Waals surface area contributed by atoms with Gasteiger partial charge in [0.05, 0.1) is 15.7 Å². The summed E-state index contributed by atoms with van der Waals surface area (Å²) in [6.45, 7) is 9.43. The summed E-state index contributed by atoms with van der Waals surface area (Å²) >= 11 is 3.34. The van der Waals surface area contributed by atoms with Crippen LogP contribution in [0.2, 0.25) is 0 Å². The van der Waals surface area contributed by atoms with Gasteiger partial charge in [0.1, 0.15) is 5.82 Å². The fourth-order valence-corrected chi connectivity index (χ4v) is 2.96. The first-order valence-corrected chi connectivity index (χ1v) is 7.94. The van der Waals surface area contributed by atoms with Crippen molar-refractivity contribution < 1.29 is 8.60 Å². The fourth-order valence-electron chi connectivity index (χ4n) is 1.50. The van der Waals surface area contributed by atoms with Crippen molar-refractivity contribution in [2.24, 2.45) is 0 Å². The van der Waals surface area contributed by atoms with Crippen LogP contribution in [-0.4, -0.2) is 8.96 Å². The Morgan fingerprint density at radius 2 is 2.16 bits per heavy atom. The Morgan fingerprint density at radius 1 is 1.53 bits per heavy atom. The summed E-state index contributed by atoms with van der Waals surface area (Å²) in [6, 6.07) is 4.35. The summed E-state index contributed by atoms with van der Waals surface area (Å²) in [5.41, 5.74) is 0.874. The van der Waals surface area contributed by atoms with E-state index < -0.39 is 11.0 Å². The first kappa shape index (κ1) is 16.5. The van der Waals surface area contributed by atoms with E-state index in [1.165, 1.54) is 12.1 Å². The highest BCUT2D eigenvalue weighted by atomic mass is 79.9. The van der Waals surface area contributed by atoms with Gasteiger partial charge in [-0.3, -0.25) is 0 Å². The second-order valence-corrected chi connectivity index (χ2v) is 8.09. The van der Waals surface area contributed by atoms with Crippen molar-refractivity contribution in [2.45, 2.75) is 38.0 Å². The van der Waals surface area contributed by atoms with Gasteiger partial charge in [0.2, 0.25) is 0 Å². The normalized spacial score (nSPS) is 15.0. The minimum absolute atomic E-state index is 0.160. The molecular formula is C14H19BrFNOS. The van der Waals surface area contributed by atoms with Gasteiger partial charge >= 0.3 is 0 Å². The molecule has 0 bridgehead atoms. The average Bonchev–Trinajstić information content (AvgIpc) is 2.27. The molecule has 0 amide bonds. The van der Waals surface area contributed by atoms with Crippen molar-refractivity contribution in [1.82, 2.24) is 4.72 Å². The van der Waals surface area contributed by atoms with Crippen LogP contribution in [0.3, 0.4) is 0 Å². The lowest BCUT2D eigenvalue weighted by Gasteiger charge is -2.24. The number of halogens is 2. The SMILES string of the molecule is C=CC[C@H](NS(=O)C(C)(C)C)c1ccc(F)cc1Br. The number of nitrogens with one attached hydrogen (secondary N) is 1. The molecule has 2 nitrogen and oxygen atoms in total. The average molecular weight is 348 g/mol. The van der Waals surface area contributed by atoms with Crippen LogP contribution >= 0.6 is 15.9 Å². The smallest absolute Gasteiger partial charge is 0.124 e. The molecule has 0 aliphatic heterocycles. The Balaban J connectivity index is 3.00. The number of hydrogen-bond acceptors (Lipinski definition) is 1. The molecule has 0 heterocycles. The maximum absolute atomic E-state index is 13.1. The molecule has 0 radical (unpaired) electrons. The zero-order valence-electron chi connectivity index (χ0n) is 11.4. The van der Waals surface area contributed by atoms with E-state index in [4.69, 9.17) is 0 Å². The van der Waals surface area contributed by atoms with Gasteiger partial charge in [-0.25, -0.2) is 13.3 Å². The monoisotopic (exact) mass is 347 g/mol. The van der Waals surface area contributed by atoms with E-state index >= 15 is 0 Å². The molecule has 0 fully saturated rings. The second kappa shape index (κ2) is 6.77. The Bertz CT molecular complexity index is 485. The van der Waals surface area contributed by atoms with Crippen LogP contribution in [0.1, 0.15) is 38.8 Å². The molecule has 106 valence electrons. The van der Waals surface area contributed by atoms with Crippen LogP contribution in [0, 0.1) is 5.82 Å². The van der Waals surface area contributed by atoms with E-state index in [2.05, 4.69) is 27.2 Å². The van der Waals surface area contributed by atoms with Crippen LogP contribution in [-0.2, 0) is 11.0 Å². The number of rotatable bonds is 5. The summed E-state index contributed by atoms with van der Waals surface area (Å²) in [5.74, 6) is -0.301. The zero-order valence-corrected chi connectivity index (χ0v) is 13.8. The lowest BCUT2D eigenvalue weighted by molar-refractivity contribution is 0.596. The maximum atomic E-state index is 13.1. The van der Waals surface area contributed by atoms with Crippen LogP contribution in [0.4, 0.5) is 4.39 Å². The first-order chi connectivity index (χ1) is 8.75. The molecule has 1 unspecified atom stereocenters. The van der Waals surface area contributed by atoms with Crippen molar-refractivity contribution >= 4 is 26.9 Å². The molecule has 1 rings (SSSR count). The lowest BCUT2D eigenvalue weighted by atomic mass is 10.1. The number of benzene rings is 1. The Hall–Kier alpha value is -0.520. The Kier molecular flexibility index (Phi) is 5.89. The van der Waals surface area contributed by atoms with Gasteiger partial charge in [-0.05, 0) is 44.9 Å². The van der Waals surface area contributed by atoms with Crippen LogP contribution in [0.5, 0.6) is 0 Å². The van der Waals surface area contributed by atoms with Crippen LogP contribution in [0.15, 0.2) is 35.3 Å². The van der Waals surface area contributed by atoms with Crippen LogP contribution in [0.25, 0.3) is 0 Å². The topological polar surface area (TPSA) is 29.1 Å². The highest BCUT2D eigenvalue weighted by Gasteiger charge is 2.24. The van der Waals surface area contributed by atoms with Gasteiger partial charge in [0, 0.05) is 10.5 Å². The molecule has 2 atom stereocenters. The molecule has 0 saturated carbocycles. The molecule has 1 N–H and O–H groups in total. The summed E-state index contributed by atoms with van der Waals surface area (Å²) in [4.78, 5) is 0. The van der Waals surface area contributed by atoms with Gasteiger partial charge in [0.15, 0.2) is 0 Å². The third kappa shape index (κ3) is 4.82. The third-order valence-electron chi connectivity index (χ3n) is 2.55. The van der Waals surface area contributed by atoms with Crippen molar-refractivity contribution in [2.75, 3.05) is 0 Å². The summed E-state index contributed by atoms with van der Waals surface area (Å²) < 4.78 is 28.7. The van der Waals surface area contributed by atoms with Gasteiger partial charge in [-0.2, -0.15) is 0 Å². The van der Waals surface area contributed by atoms with Crippen LogP contribution < -0.4 is 4.72 Å². The predicted molar refractivity (Wildman–Crippen MR) is 82.7 cm³/mol. The molecule has 19 heavy (non-hydrogen) atoms. The Labute approximate surface area is 125 Å². The highest BCUT2D eigenvalue weighted by molar-refractivity contribution is 9.10. The molecule has 1 aromatic rings. The fraction of sp³-hybridized carbons (Fsp3) is 0.429. The molecule has 0 aliphatic carbocycles. The minimum Gasteiger partial charge on any atom is -0.242 e. The van der Waals surface area contributed by atoms with E-state index in [-0.39, 0.29) is 16.6 Å². The van der Waals surface area contributed by atoms with Gasteiger partial charge in [-0.1, -0.05) is 28.1 Å². The van der Waals surface area contributed by atoms with E-state index in [1.807, 2.05) is 20.8 Å². The zero-order chi connectivity index (χ0) is 14.6. The third-order valence-corrected chi connectivity index (χ3v) is 4.84. The second-order valence-electron chi connectivity index (χ2n) is 5.24. The molecule has 0 spiro atoms. The number of hydrogen-bond donors (Lipinski definition) is 1. The van der Waals surface area contributed by atoms with Crippen molar-refractivity contribution in [1.29, 1.82) is 0 Å². The summed E-state index contributed by atoms with van der Waals surface area (Å²) in [7, 11) is -1.20. The summed E-state index contributed by atoms with van der Waals surface area (Å²) in [5, 5.41) is 0. The molecule has 0 aliphatic rings. The van der Waals surface area contributed by atoms with E-state index in [0.717, 1.165) is 5.56 Å². The van der Waals surface area contributed by atoms with E-state index in [9.17, 15) is 8.60 Å². The molecule has 0 aromatic heterocycles. The van der Waals surface area contributed by atoms with E-state index in [0.29, 0.717) is 10.9 Å². The van der Waals surface area contributed by atoms with Gasteiger partial charge in [0.25, 0.3) is 0 Å². The molecular weight excluding hydrogens is 329 g/mol. The standard InChI is InChI=1S/C14H19BrFNOS/c1-5-6-13(17-19(18)14(2,3)4)11-8-7-10(16)9-12(11)15/h5,7-9,13,17H,1,6H2,2-4H3/t13-,19?/m0/s1. The lowest BCUT2D eigenvalue weighted by Crippen LogP contribution is -2.35. The van der Waals surface area contributed by atoms with Crippen molar-refractivity contribution in [3.8, 4) is 0 Å². The van der Waals surface area contributed by atoms with Gasteiger partial charge in [-0.15, -0.1) is 6.58 Å². The van der Waals surface area contributed by atoms with E-state index in [1.54, 1.807) is 12.1 Å².